The summed E-state index contributed by atoms with van der Waals surface area (Å²) in [6, 6.07) is 6.03. The molecule has 0 bridgehead atoms. The molecule has 5 heteroatoms. The first-order valence-corrected chi connectivity index (χ1v) is 5.50. The maximum absolute atomic E-state index is 13.2. The third kappa shape index (κ3) is 2.40. The average molecular weight is 248 g/mol. The molecule has 0 aliphatic carbocycles. The molecule has 2 aromatic rings. The molecule has 0 aliphatic rings. The summed E-state index contributed by atoms with van der Waals surface area (Å²) in [5, 5.41) is 12.8. The van der Waals surface area contributed by atoms with Gasteiger partial charge in [-0.25, -0.2) is 9.18 Å². The molecular formula is C13H13FN2O2. The second-order valence-corrected chi connectivity index (χ2v) is 4.20. The first-order chi connectivity index (χ1) is 8.47. The third-order valence-corrected chi connectivity index (χ3v) is 2.83. The van der Waals surface area contributed by atoms with Crippen LogP contribution in [0.5, 0.6) is 0 Å². The van der Waals surface area contributed by atoms with Crippen molar-refractivity contribution in [3.8, 4) is 0 Å². The maximum Gasteiger partial charge on any atom is 0.356 e. The number of carboxylic acid groups (broad SMARTS) is 1. The van der Waals surface area contributed by atoms with Crippen molar-refractivity contribution in [1.29, 1.82) is 0 Å². The van der Waals surface area contributed by atoms with Crippen LogP contribution in [0, 0.1) is 19.7 Å². The summed E-state index contributed by atoms with van der Waals surface area (Å²) in [6.45, 7) is 4.02. The predicted octanol–water partition coefficient (Wildman–Crippen LogP) is 2.39. The van der Waals surface area contributed by atoms with Gasteiger partial charge >= 0.3 is 5.97 Å². The standard InChI is InChI=1S/C13H13FN2O2/c1-8-3-4-11(14)6-10(8)7-16-9(2)5-12(15-16)13(17)18/h3-6H,7H2,1-2H3,(H,17,18). The van der Waals surface area contributed by atoms with Crippen LogP contribution in [0.15, 0.2) is 24.3 Å². The number of nitrogens with zero attached hydrogens (tertiary/aromatic N) is 2. The van der Waals surface area contributed by atoms with E-state index in [1.807, 2.05) is 6.92 Å². The summed E-state index contributed by atoms with van der Waals surface area (Å²) in [4.78, 5) is 10.8. The van der Waals surface area contributed by atoms with Crippen molar-refractivity contribution in [2.75, 3.05) is 0 Å². The van der Waals surface area contributed by atoms with Crippen LogP contribution in [0.2, 0.25) is 0 Å². The highest BCUT2D eigenvalue weighted by Crippen LogP contribution is 2.13. The molecule has 0 saturated carbocycles. The minimum atomic E-state index is -1.06. The van der Waals surface area contributed by atoms with Gasteiger partial charge in [-0.1, -0.05) is 6.07 Å². The highest BCUT2D eigenvalue weighted by Gasteiger charge is 2.11. The number of aromatic nitrogens is 2. The number of hydrogen-bond donors (Lipinski definition) is 1. The lowest BCUT2D eigenvalue weighted by molar-refractivity contribution is 0.0689. The van der Waals surface area contributed by atoms with E-state index in [9.17, 15) is 9.18 Å². The zero-order chi connectivity index (χ0) is 13.3. The number of aryl methyl sites for hydroxylation is 2. The van der Waals surface area contributed by atoms with E-state index in [2.05, 4.69) is 5.10 Å². The fourth-order valence-electron chi connectivity index (χ4n) is 1.75. The topological polar surface area (TPSA) is 55.1 Å². The molecule has 0 atom stereocenters. The predicted molar refractivity (Wildman–Crippen MR) is 64.2 cm³/mol. The SMILES string of the molecule is Cc1ccc(F)cc1Cn1nc(C(=O)O)cc1C. The Labute approximate surface area is 104 Å². The van der Waals surface area contributed by atoms with E-state index in [0.29, 0.717) is 6.54 Å². The number of hydrogen-bond acceptors (Lipinski definition) is 2. The van der Waals surface area contributed by atoms with E-state index in [0.717, 1.165) is 16.8 Å². The van der Waals surface area contributed by atoms with Gasteiger partial charge < -0.3 is 5.11 Å². The lowest BCUT2D eigenvalue weighted by Gasteiger charge is -2.07. The molecule has 0 amide bonds. The second-order valence-electron chi connectivity index (χ2n) is 4.20. The second kappa shape index (κ2) is 4.60. The van der Waals surface area contributed by atoms with Gasteiger partial charge in [0.2, 0.25) is 0 Å². The van der Waals surface area contributed by atoms with Crippen molar-refractivity contribution in [2.45, 2.75) is 20.4 Å². The summed E-state index contributed by atoms with van der Waals surface area (Å²) in [5.41, 5.74) is 2.47. The number of rotatable bonds is 3. The summed E-state index contributed by atoms with van der Waals surface area (Å²) < 4.78 is 14.7. The smallest absolute Gasteiger partial charge is 0.356 e. The molecule has 0 radical (unpaired) electrons. The number of benzene rings is 1. The van der Waals surface area contributed by atoms with Crippen LogP contribution in [-0.4, -0.2) is 20.9 Å². The average Bonchev–Trinajstić information content (AvgIpc) is 2.66. The van der Waals surface area contributed by atoms with Crippen LogP contribution in [0.3, 0.4) is 0 Å². The van der Waals surface area contributed by atoms with Gasteiger partial charge in [-0.3, -0.25) is 4.68 Å². The minimum absolute atomic E-state index is 0.00144. The Morgan fingerprint density at radius 2 is 2.11 bits per heavy atom. The fourth-order valence-corrected chi connectivity index (χ4v) is 1.75. The Morgan fingerprint density at radius 3 is 2.72 bits per heavy atom. The lowest BCUT2D eigenvalue weighted by atomic mass is 10.1. The van der Waals surface area contributed by atoms with E-state index >= 15 is 0 Å². The quantitative estimate of drug-likeness (QED) is 0.907. The number of carboxylic acids is 1. The van der Waals surface area contributed by atoms with Crippen molar-refractivity contribution in [2.24, 2.45) is 0 Å². The zero-order valence-corrected chi connectivity index (χ0v) is 10.1. The maximum atomic E-state index is 13.2. The largest absolute Gasteiger partial charge is 0.476 e. The van der Waals surface area contributed by atoms with Gasteiger partial charge in [0, 0.05) is 5.69 Å². The molecule has 1 aromatic heterocycles. The Morgan fingerprint density at radius 1 is 1.39 bits per heavy atom. The van der Waals surface area contributed by atoms with Gasteiger partial charge in [0.25, 0.3) is 0 Å². The lowest BCUT2D eigenvalue weighted by Crippen LogP contribution is -2.07. The molecule has 1 heterocycles. The Bertz CT molecular complexity index is 605. The van der Waals surface area contributed by atoms with Crippen LogP contribution in [-0.2, 0) is 6.54 Å². The highest BCUT2D eigenvalue weighted by molar-refractivity contribution is 5.85. The molecule has 94 valence electrons. The molecule has 1 aromatic carbocycles. The van der Waals surface area contributed by atoms with Crippen molar-refractivity contribution in [3.63, 3.8) is 0 Å². The molecule has 0 saturated heterocycles. The fraction of sp³-hybridized carbons (Fsp3) is 0.231. The highest BCUT2D eigenvalue weighted by atomic mass is 19.1. The number of halogens is 1. The first kappa shape index (κ1) is 12.3. The molecule has 0 aliphatic heterocycles. The number of aromatic carboxylic acids is 1. The van der Waals surface area contributed by atoms with E-state index in [1.54, 1.807) is 17.7 Å². The van der Waals surface area contributed by atoms with E-state index < -0.39 is 5.97 Å². The minimum Gasteiger partial charge on any atom is -0.476 e. The van der Waals surface area contributed by atoms with Gasteiger partial charge in [-0.2, -0.15) is 5.10 Å². The summed E-state index contributed by atoms with van der Waals surface area (Å²) in [6.07, 6.45) is 0. The van der Waals surface area contributed by atoms with Crippen LogP contribution < -0.4 is 0 Å². The zero-order valence-electron chi connectivity index (χ0n) is 10.1. The van der Waals surface area contributed by atoms with Gasteiger partial charge in [0.05, 0.1) is 6.54 Å². The van der Waals surface area contributed by atoms with Gasteiger partial charge in [-0.15, -0.1) is 0 Å². The van der Waals surface area contributed by atoms with Crippen LogP contribution in [0.4, 0.5) is 4.39 Å². The molecule has 0 spiro atoms. The first-order valence-electron chi connectivity index (χ1n) is 5.50. The molecule has 1 N–H and O–H groups in total. The van der Waals surface area contributed by atoms with E-state index in [-0.39, 0.29) is 11.5 Å². The van der Waals surface area contributed by atoms with Crippen molar-refractivity contribution in [1.82, 2.24) is 9.78 Å². The van der Waals surface area contributed by atoms with E-state index in [1.165, 1.54) is 18.2 Å². The molecular weight excluding hydrogens is 235 g/mol. The monoisotopic (exact) mass is 248 g/mol. The Balaban J connectivity index is 2.34. The van der Waals surface area contributed by atoms with E-state index in [4.69, 9.17) is 5.11 Å². The van der Waals surface area contributed by atoms with Crippen molar-refractivity contribution < 1.29 is 14.3 Å². The van der Waals surface area contributed by atoms with Crippen LogP contribution in [0.25, 0.3) is 0 Å². The van der Waals surface area contributed by atoms with Gasteiger partial charge in [0.15, 0.2) is 5.69 Å². The van der Waals surface area contributed by atoms with Crippen LogP contribution >= 0.6 is 0 Å². The van der Waals surface area contributed by atoms with Gasteiger partial charge in [0.1, 0.15) is 5.82 Å². The molecule has 4 nitrogen and oxygen atoms in total. The van der Waals surface area contributed by atoms with Gasteiger partial charge in [-0.05, 0) is 43.2 Å². The van der Waals surface area contributed by atoms with Crippen molar-refractivity contribution in [3.05, 3.63) is 52.6 Å². The molecule has 18 heavy (non-hydrogen) atoms. The normalized spacial score (nSPS) is 10.6. The molecule has 2 rings (SSSR count). The third-order valence-electron chi connectivity index (χ3n) is 2.83. The molecule has 0 fully saturated rings. The molecule has 0 unspecified atom stereocenters. The number of carbonyl (C=O) groups is 1. The Hall–Kier alpha value is -2.17. The van der Waals surface area contributed by atoms with Crippen LogP contribution in [0.1, 0.15) is 27.3 Å². The van der Waals surface area contributed by atoms with Crippen molar-refractivity contribution >= 4 is 5.97 Å². The summed E-state index contributed by atoms with van der Waals surface area (Å²) in [7, 11) is 0. The summed E-state index contributed by atoms with van der Waals surface area (Å²) in [5.74, 6) is -1.37. The Kier molecular flexibility index (Phi) is 3.14. The summed E-state index contributed by atoms with van der Waals surface area (Å²) >= 11 is 0.